The molecule has 0 bridgehead atoms. The maximum Gasteiger partial charge on any atom is 0.573 e. The Balaban J connectivity index is 3.54. The van der Waals surface area contributed by atoms with Gasteiger partial charge in [-0.25, -0.2) is 4.98 Å². The molecule has 0 aliphatic rings. The summed E-state index contributed by atoms with van der Waals surface area (Å²) < 4.78 is 76.7. The molecule has 0 saturated heterocycles. The van der Waals surface area contributed by atoms with E-state index in [1.165, 1.54) is 0 Å². The van der Waals surface area contributed by atoms with Crippen molar-refractivity contribution < 1.29 is 36.0 Å². The third-order valence-electron chi connectivity index (χ3n) is 1.76. The van der Waals surface area contributed by atoms with Crippen LogP contribution in [0.1, 0.15) is 11.4 Å². The average molecular weight is 290 g/mol. The van der Waals surface area contributed by atoms with E-state index >= 15 is 0 Å². The van der Waals surface area contributed by atoms with Crippen molar-refractivity contribution in [1.29, 1.82) is 0 Å². The average Bonchev–Trinajstić information content (AvgIpc) is 2.11. The van der Waals surface area contributed by atoms with Crippen LogP contribution in [-0.2, 0) is 6.18 Å². The third-order valence-corrected chi connectivity index (χ3v) is 1.76. The van der Waals surface area contributed by atoms with Gasteiger partial charge >= 0.3 is 18.2 Å². The number of rotatable bonds is 2. The molecule has 0 saturated carbocycles. The van der Waals surface area contributed by atoms with E-state index in [1.54, 1.807) is 0 Å². The zero-order valence-corrected chi connectivity index (χ0v) is 8.96. The lowest BCUT2D eigenvalue weighted by Gasteiger charge is -2.13. The minimum atomic E-state index is -5.36. The van der Waals surface area contributed by atoms with Gasteiger partial charge in [0.1, 0.15) is 0 Å². The van der Waals surface area contributed by atoms with Gasteiger partial charge in [-0.05, 0) is 6.92 Å². The van der Waals surface area contributed by atoms with Gasteiger partial charge in [-0.2, -0.15) is 13.2 Å². The molecule has 19 heavy (non-hydrogen) atoms. The number of hydrogen-bond acceptors (Lipinski definition) is 4. The number of nitro groups is 1. The molecule has 0 radical (unpaired) electrons. The summed E-state index contributed by atoms with van der Waals surface area (Å²) in [6.45, 7) is 0.947. The smallest absolute Gasteiger partial charge is 0.398 e. The Morgan fingerprint density at radius 3 is 2.16 bits per heavy atom. The van der Waals surface area contributed by atoms with E-state index in [0.29, 0.717) is 6.07 Å². The fraction of sp³-hybridized carbons (Fsp3) is 0.375. The quantitative estimate of drug-likeness (QED) is 0.476. The number of pyridine rings is 1. The molecule has 0 amide bonds. The van der Waals surface area contributed by atoms with Crippen LogP contribution in [0.2, 0.25) is 0 Å². The van der Waals surface area contributed by atoms with Crippen molar-refractivity contribution >= 4 is 5.69 Å². The van der Waals surface area contributed by atoms with Crippen LogP contribution in [0.5, 0.6) is 5.75 Å². The standard InChI is InChI=1S/C8H4F6N2O3/c1-3-2-4(19-8(12,13)14)5(16(17)18)6(15-3)7(9,10)11/h2H,1H3. The largest absolute Gasteiger partial charge is 0.573 e. The van der Waals surface area contributed by atoms with Crippen LogP contribution in [0.4, 0.5) is 32.0 Å². The van der Waals surface area contributed by atoms with Gasteiger partial charge in [0.05, 0.1) is 4.92 Å². The molecule has 1 aromatic heterocycles. The molecule has 0 fully saturated rings. The van der Waals surface area contributed by atoms with Gasteiger partial charge in [-0.1, -0.05) is 0 Å². The number of aromatic nitrogens is 1. The van der Waals surface area contributed by atoms with Crippen molar-refractivity contribution in [3.8, 4) is 5.75 Å². The van der Waals surface area contributed by atoms with E-state index < -0.39 is 40.3 Å². The molecule has 1 rings (SSSR count). The van der Waals surface area contributed by atoms with Crippen molar-refractivity contribution in [3.05, 3.63) is 27.6 Å². The monoisotopic (exact) mass is 290 g/mol. The number of hydrogen-bond donors (Lipinski definition) is 0. The first kappa shape index (κ1) is 15.0. The molecule has 11 heteroatoms. The Morgan fingerprint density at radius 2 is 1.79 bits per heavy atom. The highest BCUT2D eigenvalue weighted by Crippen LogP contribution is 2.41. The Morgan fingerprint density at radius 1 is 1.26 bits per heavy atom. The van der Waals surface area contributed by atoms with Crippen LogP contribution in [0.3, 0.4) is 0 Å². The fourth-order valence-electron chi connectivity index (χ4n) is 1.21. The Kier molecular flexibility index (Phi) is 3.59. The second-order valence-corrected chi connectivity index (χ2v) is 3.26. The lowest BCUT2D eigenvalue weighted by Crippen LogP contribution is -2.20. The number of halogens is 6. The SMILES string of the molecule is Cc1cc(OC(F)(F)F)c([N+](=O)[O-])c(C(F)(F)F)n1. The number of nitrogens with zero attached hydrogens (tertiary/aromatic N) is 2. The lowest BCUT2D eigenvalue weighted by molar-refractivity contribution is -0.392. The predicted octanol–water partition coefficient (Wildman–Crippen LogP) is 3.22. The van der Waals surface area contributed by atoms with E-state index in [-0.39, 0.29) is 0 Å². The molecule has 106 valence electrons. The molecule has 1 aromatic rings. The first-order valence-corrected chi connectivity index (χ1v) is 4.41. The fourth-order valence-corrected chi connectivity index (χ4v) is 1.21. The van der Waals surface area contributed by atoms with E-state index in [4.69, 9.17) is 0 Å². The molecular weight excluding hydrogens is 286 g/mol. The van der Waals surface area contributed by atoms with Crippen molar-refractivity contribution in [1.82, 2.24) is 4.98 Å². The summed E-state index contributed by atoms with van der Waals surface area (Å²) in [5.41, 5.74) is -4.43. The van der Waals surface area contributed by atoms with E-state index in [2.05, 4.69) is 9.72 Å². The molecular formula is C8H4F6N2O3. The van der Waals surface area contributed by atoms with E-state index in [0.717, 1.165) is 6.92 Å². The molecule has 0 aliphatic heterocycles. The van der Waals surface area contributed by atoms with Crippen LogP contribution in [0, 0.1) is 17.0 Å². The molecule has 0 atom stereocenters. The number of aryl methyl sites for hydroxylation is 1. The number of alkyl halides is 6. The summed E-state index contributed by atoms with van der Waals surface area (Å²) >= 11 is 0. The second-order valence-electron chi connectivity index (χ2n) is 3.26. The minimum absolute atomic E-state index is 0.404. The van der Waals surface area contributed by atoms with Gasteiger partial charge < -0.3 is 4.74 Å². The topological polar surface area (TPSA) is 65.3 Å². The molecule has 1 heterocycles. The van der Waals surface area contributed by atoms with Gasteiger partial charge in [0.2, 0.25) is 11.4 Å². The minimum Gasteiger partial charge on any atom is -0.398 e. The first-order chi connectivity index (χ1) is 8.42. The van der Waals surface area contributed by atoms with Gasteiger partial charge in [0.15, 0.2) is 0 Å². The highest BCUT2D eigenvalue weighted by molar-refractivity contribution is 5.52. The highest BCUT2D eigenvalue weighted by atomic mass is 19.4. The molecule has 0 spiro atoms. The first-order valence-electron chi connectivity index (χ1n) is 4.41. The van der Waals surface area contributed by atoms with E-state index in [9.17, 15) is 36.5 Å². The van der Waals surface area contributed by atoms with Gasteiger partial charge in [0, 0.05) is 11.8 Å². The molecule has 0 N–H and O–H groups in total. The van der Waals surface area contributed by atoms with Crippen molar-refractivity contribution in [3.63, 3.8) is 0 Å². The van der Waals surface area contributed by atoms with Crippen LogP contribution in [0.15, 0.2) is 6.07 Å². The van der Waals surface area contributed by atoms with Crippen LogP contribution in [-0.4, -0.2) is 16.3 Å². The Labute approximate surface area is 101 Å². The summed E-state index contributed by atoms with van der Waals surface area (Å²) in [4.78, 5) is 11.7. The van der Waals surface area contributed by atoms with Gasteiger partial charge in [0.25, 0.3) is 0 Å². The third kappa shape index (κ3) is 3.69. The van der Waals surface area contributed by atoms with Gasteiger partial charge in [-0.3, -0.25) is 10.1 Å². The zero-order valence-electron chi connectivity index (χ0n) is 8.96. The van der Waals surface area contributed by atoms with E-state index in [1.807, 2.05) is 0 Å². The summed E-state index contributed by atoms with van der Waals surface area (Å²) in [5, 5.41) is 10.5. The van der Waals surface area contributed by atoms with Crippen LogP contribution >= 0.6 is 0 Å². The van der Waals surface area contributed by atoms with Crippen LogP contribution < -0.4 is 4.74 Å². The maximum absolute atomic E-state index is 12.5. The van der Waals surface area contributed by atoms with Gasteiger partial charge in [-0.15, -0.1) is 13.2 Å². The summed E-state index contributed by atoms with van der Waals surface area (Å²) in [6.07, 6.45) is -10.6. The zero-order chi connectivity index (χ0) is 15.0. The Bertz CT molecular complexity index is 510. The molecule has 5 nitrogen and oxygen atoms in total. The summed E-state index contributed by atoms with van der Waals surface area (Å²) in [7, 11) is 0. The van der Waals surface area contributed by atoms with Crippen molar-refractivity contribution in [2.24, 2.45) is 0 Å². The summed E-state index contributed by atoms with van der Waals surface area (Å²) in [5.74, 6) is -1.56. The second kappa shape index (κ2) is 4.55. The lowest BCUT2D eigenvalue weighted by atomic mass is 10.2. The molecule has 0 unspecified atom stereocenters. The predicted molar refractivity (Wildman–Crippen MR) is 47.3 cm³/mol. The van der Waals surface area contributed by atoms with Crippen molar-refractivity contribution in [2.75, 3.05) is 0 Å². The maximum atomic E-state index is 12.5. The van der Waals surface area contributed by atoms with Crippen molar-refractivity contribution in [2.45, 2.75) is 19.5 Å². The highest BCUT2D eigenvalue weighted by Gasteiger charge is 2.45. The number of ether oxygens (including phenoxy) is 1. The summed E-state index contributed by atoms with van der Waals surface area (Å²) in [6, 6.07) is 0.404. The molecule has 0 aliphatic carbocycles. The molecule has 0 aromatic carbocycles. The Hall–Kier alpha value is -2.07. The van der Waals surface area contributed by atoms with Crippen LogP contribution in [0.25, 0.3) is 0 Å². The normalized spacial score (nSPS) is 12.4.